The van der Waals surface area contributed by atoms with Crippen molar-refractivity contribution in [2.75, 3.05) is 4.90 Å². The number of imide groups is 1. The number of rotatable bonds is 6. The fourth-order valence-electron chi connectivity index (χ4n) is 8.35. The summed E-state index contributed by atoms with van der Waals surface area (Å²) in [7, 11) is 0. The Morgan fingerprint density at radius 3 is 1.45 bits per heavy atom. The van der Waals surface area contributed by atoms with E-state index in [1.54, 1.807) is 6.07 Å². The van der Waals surface area contributed by atoms with Gasteiger partial charge in [0.2, 0.25) is 0 Å². The third-order valence-electron chi connectivity index (χ3n) is 11.0. The number of aromatic nitrogens is 1. The molecule has 4 heteroatoms. The highest BCUT2D eigenvalue weighted by molar-refractivity contribution is 6.36. The Kier molecular flexibility index (Phi) is 7.86. The summed E-state index contributed by atoms with van der Waals surface area (Å²) in [6.07, 6.45) is 0. The van der Waals surface area contributed by atoms with Gasteiger partial charge in [0, 0.05) is 16.3 Å². The molecule has 1 aliphatic rings. The highest BCUT2D eigenvalue weighted by Crippen LogP contribution is 2.43. The molecule has 0 aliphatic carbocycles. The number of carbonyl (C=O) groups is 2. The Morgan fingerprint density at radius 2 is 0.857 bits per heavy atom. The quantitative estimate of drug-likeness (QED) is 0.161. The molecule has 0 bridgehead atoms. The standard InChI is InChI=1S/C52H36N2O2/c1-33-12-9-18-37(28-33)40-23-26-47-44(31-40)45-32-41(38-19-10-13-34(2)29-38)24-27-48(45)53(47)49-21-11-20-42-50(49)52(56)54(51(42)55)46-25-22-39(35-14-5-3-6-15-35)30-43(46)36-16-7-4-8-17-36/h3-32H,1-2H3. The lowest BCUT2D eigenvalue weighted by Crippen LogP contribution is -2.30. The van der Waals surface area contributed by atoms with Crippen molar-refractivity contribution in [3.05, 3.63) is 204 Å². The molecule has 0 radical (unpaired) electrons. The molecule has 266 valence electrons. The van der Waals surface area contributed by atoms with Gasteiger partial charge in [0.15, 0.2) is 0 Å². The predicted octanol–water partition coefficient (Wildman–Crippen LogP) is 12.9. The van der Waals surface area contributed by atoms with Crippen molar-refractivity contribution < 1.29 is 9.59 Å². The second-order valence-electron chi connectivity index (χ2n) is 14.6. The maximum atomic E-state index is 15.0. The second-order valence-corrected chi connectivity index (χ2v) is 14.6. The molecule has 10 rings (SSSR count). The fraction of sp³-hybridized carbons (Fsp3) is 0.0385. The van der Waals surface area contributed by atoms with Crippen LogP contribution in [-0.2, 0) is 0 Å². The maximum absolute atomic E-state index is 15.0. The highest BCUT2D eigenvalue weighted by Gasteiger charge is 2.40. The number of amides is 2. The minimum absolute atomic E-state index is 0.333. The van der Waals surface area contributed by atoms with E-state index in [2.05, 4.69) is 122 Å². The molecule has 2 heterocycles. The average Bonchev–Trinajstić information content (AvgIpc) is 3.70. The number of hydrogen-bond donors (Lipinski definition) is 0. The van der Waals surface area contributed by atoms with Crippen LogP contribution >= 0.6 is 0 Å². The Morgan fingerprint density at radius 1 is 0.357 bits per heavy atom. The van der Waals surface area contributed by atoms with Crippen LogP contribution in [0.2, 0.25) is 0 Å². The number of anilines is 1. The summed E-state index contributed by atoms with van der Waals surface area (Å²) in [5, 5.41) is 2.14. The number of aryl methyl sites for hydroxylation is 2. The average molecular weight is 721 g/mol. The number of carbonyl (C=O) groups excluding carboxylic acids is 2. The predicted molar refractivity (Wildman–Crippen MR) is 230 cm³/mol. The van der Waals surface area contributed by atoms with Gasteiger partial charge >= 0.3 is 0 Å². The molecular formula is C52H36N2O2. The van der Waals surface area contributed by atoms with E-state index in [4.69, 9.17) is 0 Å². The smallest absolute Gasteiger partial charge is 0.268 e. The molecule has 0 N–H and O–H groups in total. The molecule has 8 aromatic carbocycles. The minimum atomic E-state index is -0.340. The summed E-state index contributed by atoms with van der Waals surface area (Å²) in [6, 6.07) is 61.9. The van der Waals surface area contributed by atoms with Crippen LogP contribution in [0, 0.1) is 13.8 Å². The lowest BCUT2D eigenvalue weighted by Gasteiger charge is -2.20. The zero-order valence-electron chi connectivity index (χ0n) is 31.0. The van der Waals surface area contributed by atoms with Crippen LogP contribution in [0.1, 0.15) is 31.8 Å². The van der Waals surface area contributed by atoms with E-state index in [1.165, 1.54) is 16.0 Å². The minimum Gasteiger partial charge on any atom is -0.308 e. The van der Waals surface area contributed by atoms with E-state index < -0.39 is 0 Å². The van der Waals surface area contributed by atoms with Crippen molar-refractivity contribution in [2.24, 2.45) is 0 Å². The van der Waals surface area contributed by atoms with Crippen molar-refractivity contribution in [3.63, 3.8) is 0 Å². The van der Waals surface area contributed by atoms with E-state index in [1.807, 2.05) is 72.8 Å². The van der Waals surface area contributed by atoms with Crippen LogP contribution in [0.3, 0.4) is 0 Å². The number of hydrogen-bond acceptors (Lipinski definition) is 2. The summed E-state index contributed by atoms with van der Waals surface area (Å²) in [5.41, 5.74) is 14.7. The Labute approximate surface area is 325 Å². The molecule has 56 heavy (non-hydrogen) atoms. The first kappa shape index (κ1) is 33.3. The lowest BCUT2D eigenvalue weighted by molar-refractivity contribution is 0.0926. The van der Waals surface area contributed by atoms with Crippen LogP contribution in [0.5, 0.6) is 0 Å². The van der Waals surface area contributed by atoms with Gasteiger partial charge in [-0.05, 0) is 101 Å². The zero-order chi connectivity index (χ0) is 37.9. The van der Waals surface area contributed by atoms with Gasteiger partial charge in [-0.1, -0.05) is 145 Å². The first-order valence-corrected chi connectivity index (χ1v) is 18.9. The normalized spacial score (nSPS) is 12.5. The van der Waals surface area contributed by atoms with Crippen molar-refractivity contribution >= 4 is 39.3 Å². The molecule has 9 aromatic rings. The van der Waals surface area contributed by atoms with Gasteiger partial charge in [0.05, 0.1) is 33.5 Å². The molecule has 0 fully saturated rings. The van der Waals surface area contributed by atoms with Gasteiger partial charge in [0.1, 0.15) is 0 Å². The van der Waals surface area contributed by atoms with E-state index in [0.29, 0.717) is 22.5 Å². The molecule has 0 saturated heterocycles. The molecule has 0 unspecified atom stereocenters. The van der Waals surface area contributed by atoms with Gasteiger partial charge in [-0.15, -0.1) is 0 Å². The molecule has 0 atom stereocenters. The number of benzene rings is 8. The van der Waals surface area contributed by atoms with E-state index in [0.717, 1.165) is 66.3 Å². The van der Waals surface area contributed by atoms with Gasteiger partial charge in [-0.25, -0.2) is 4.90 Å². The SMILES string of the molecule is Cc1cccc(-c2ccc3c(c2)c2cc(-c4cccc(C)c4)ccc2n3-c2cccc3c2C(=O)N(c2ccc(-c4ccccc4)cc2-c2ccccc2)C3=O)c1. The fourth-order valence-corrected chi connectivity index (χ4v) is 8.35. The van der Waals surface area contributed by atoms with Crippen molar-refractivity contribution in [1.29, 1.82) is 0 Å². The summed E-state index contributed by atoms with van der Waals surface area (Å²) < 4.78 is 2.16. The van der Waals surface area contributed by atoms with Gasteiger partial charge in [-0.3, -0.25) is 9.59 Å². The van der Waals surface area contributed by atoms with Crippen LogP contribution in [-0.4, -0.2) is 16.4 Å². The molecular weight excluding hydrogens is 685 g/mol. The van der Waals surface area contributed by atoms with E-state index in [-0.39, 0.29) is 11.8 Å². The topological polar surface area (TPSA) is 42.3 Å². The third-order valence-corrected chi connectivity index (χ3v) is 11.0. The Bertz CT molecular complexity index is 2930. The summed E-state index contributed by atoms with van der Waals surface area (Å²) in [6.45, 7) is 4.22. The van der Waals surface area contributed by atoms with Crippen LogP contribution < -0.4 is 4.90 Å². The van der Waals surface area contributed by atoms with Crippen molar-refractivity contribution in [3.8, 4) is 50.2 Å². The number of nitrogens with zero attached hydrogens (tertiary/aromatic N) is 2. The number of fused-ring (bicyclic) bond motifs is 4. The second kappa shape index (κ2) is 13.2. The van der Waals surface area contributed by atoms with Gasteiger partial charge in [-0.2, -0.15) is 0 Å². The van der Waals surface area contributed by atoms with Crippen LogP contribution in [0.25, 0.3) is 72.0 Å². The van der Waals surface area contributed by atoms with Gasteiger partial charge in [0.25, 0.3) is 11.8 Å². The molecule has 1 aliphatic heterocycles. The zero-order valence-corrected chi connectivity index (χ0v) is 31.0. The lowest BCUT2D eigenvalue weighted by atomic mass is 9.97. The summed E-state index contributed by atoms with van der Waals surface area (Å²) in [4.78, 5) is 30.9. The first-order chi connectivity index (χ1) is 27.4. The largest absolute Gasteiger partial charge is 0.308 e. The molecule has 4 nitrogen and oxygen atoms in total. The maximum Gasteiger partial charge on any atom is 0.268 e. The van der Waals surface area contributed by atoms with E-state index >= 15 is 0 Å². The highest BCUT2D eigenvalue weighted by atomic mass is 16.2. The van der Waals surface area contributed by atoms with E-state index in [9.17, 15) is 9.59 Å². The molecule has 0 spiro atoms. The third kappa shape index (κ3) is 5.46. The van der Waals surface area contributed by atoms with Crippen LogP contribution in [0.4, 0.5) is 5.69 Å². The Hall–Kier alpha value is -7.30. The molecule has 2 amide bonds. The van der Waals surface area contributed by atoms with Crippen molar-refractivity contribution in [1.82, 2.24) is 4.57 Å². The molecule has 1 aromatic heterocycles. The summed E-state index contributed by atoms with van der Waals surface area (Å²) >= 11 is 0. The first-order valence-electron chi connectivity index (χ1n) is 18.9. The summed E-state index contributed by atoms with van der Waals surface area (Å²) in [5.74, 6) is -0.672. The van der Waals surface area contributed by atoms with Crippen molar-refractivity contribution in [2.45, 2.75) is 13.8 Å². The van der Waals surface area contributed by atoms with Crippen LogP contribution in [0.15, 0.2) is 182 Å². The molecule has 0 saturated carbocycles. The monoisotopic (exact) mass is 720 g/mol. The van der Waals surface area contributed by atoms with Gasteiger partial charge < -0.3 is 4.57 Å². The Balaban J connectivity index is 1.17.